The molecule has 0 bridgehead atoms. The molecule has 0 saturated heterocycles. The monoisotopic (exact) mass is 432 g/mol. The summed E-state index contributed by atoms with van der Waals surface area (Å²) >= 11 is 0. The van der Waals surface area contributed by atoms with Gasteiger partial charge >= 0.3 is 0 Å². The fourth-order valence-electron chi connectivity index (χ4n) is 3.56. The zero-order chi connectivity index (χ0) is 22.5. The average Bonchev–Trinajstić information content (AvgIpc) is 3.42. The molecule has 2 N–H and O–H groups in total. The predicted octanol–water partition coefficient (Wildman–Crippen LogP) is 1.68. The van der Waals surface area contributed by atoms with Gasteiger partial charge < -0.3 is 4.57 Å². The maximum absolute atomic E-state index is 12.4. The highest BCUT2D eigenvalue weighted by Gasteiger charge is 2.22. The Morgan fingerprint density at radius 2 is 1.66 bits per heavy atom. The molecule has 1 aliphatic heterocycles. The number of nitrogens with one attached hydrogen (secondary N) is 2. The molecule has 2 heterocycles. The molecule has 0 radical (unpaired) electrons. The second-order valence-corrected chi connectivity index (χ2v) is 7.53. The van der Waals surface area contributed by atoms with Crippen LogP contribution in [-0.2, 0) is 27.9 Å². The molecule has 0 spiro atoms. The van der Waals surface area contributed by atoms with Crippen molar-refractivity contribution >= 4 is 34.5 Å². The number of nitrogens with zero attached hydrogens (tertiary/aromatic N) is 4. The predicted molar refractivity (Wildman–Crippen MR) is 119 cm³/mol. The third-order valence-corrected chi connectivity index (χ3v) is 5.30. The SMILES string of the molecule is Cn1c(CC(=O)NNC(=O)CCC(=O)N2CCC(c3ccccc3)=N2)nc2ccccc21. The Morgan fingerprint density at radius 1 is 0.938 bits per heavy atom. The van der Waals surface area contributed by atoms with Gasteiger partial charge in [-0.05, 0) is 17.7 Å². The maximum atomic E-state index is 12.4. The van der Waals surface area contributed by atoms with Crippen molar-refractivity contribution in [3.8, 4) is 0 Å². The molecule has 1 aromatic heterocycles. The summed E-state index contributed by atoms with van der Waals surface area (Å²) in [5.74, 6) is -0.464. The minimum absolute atomic E-state index is 0.0119. The lowest BCUT2D eigenvalue weighted by atomic mass is 10.1. The minimum Gasteiger partial charge on any atom is -0.331 e. The number of rotatable bonds is 6. The van der Waals surface area contributed by atoms with E-state index < -0.39 is 5.91 Å². The molecule has 3 aromatic rings. The topological polar surface area (TPSA) is 109 Å². The molecule has 0 fully saturated rings. The molecular formula is C23H24N6O3. The van der Waals surface area contributed by atoms with Gasteiger partial charge in [0.2, 0.25) is 17.7 Å². The third-order valence-electron chi connectivity index (χ3n) is 5.30. The highest BCUT2D eigenvalue weighted by molar-refractivity contribution is 6.02. The third kappa shape index (κ3) is 4.83. The number of aromatic nitrogens is 2. The van der Waals surface area contributed by atoms with E-state index >= 15 is 0 Å². The normalized spacial score (nSPS) is 13.2. The van der Waals surface area contributed by atoms with Crippen molar-refractivity contribution in [2.24, 2.45) is 12.1 Å². The highest BCUT2D eigenvalue weighted by atomic mass is 16.2. The van der Waals surface area contributed by atoms with E-state index in [1.54, 1.807) is 0 Å². The number of benzene rings is 2. The van der Waals surface area contributed by atoms with Gasteiger partial charge in [-0.3, -0.25) is 25.2 Å². The van der Waals surface area contributed by atoms with Gasteiger partial charge in [0, 0.05) is 26.3 Å². The first-order valence-corrected chi connectivity index (χ1v) is 10.4. The number of hydrogen-bond acceptors (Lipinski definition) is 5. The van der Waals surface area contributed by atoms with Crippen molar-refractivity contribution in [2.75, 3.05) is 6.54 Å². The van der Waals surface area contributed by atoms with Gasteiger partial charge in [-0.2, -0.15) is 5.10 Å². The zero-order valence-electron chi connectivity index (χ0n) is 17.7. The van der Waals surface area contributed by atoms with Gasteiger partial charge in [0.1, 0.15) is 5.82 Å². The Morgan fingerprint density at radius 3 is 2.44 bits per heavy atom. The first kappa shape index (κ1) is 21.2. The summed E-state index contributed by atoms with van der Waals surface area (Å²) in [6, 6.07) is 17.3. The van der Waals surface area contributed by atoms with Crippen molar-refractivity contribution in [2.45, 2.75) is 25.7 Å². The van der Waals surface area contributed by atoms with Gasteiger partial charge in [-0.1, -0.05) is 42.5 Å². The lowest BCUT2D eigenvalue weighted by Gasteiger charge is -2.11. The number of hydrazone groups is 1. The minimum atomic E-state index is -0.442. The number of imidazole rings is 1. The van der Waals surface area contributed by atoms with Crippen molar-refractivity contribution < 1.29 is 14.4 Å². The van der Waals surface area contributed by atoms with E-state index in [4.69, 9.17) is 0 Å². The molecule has 32 heavy (non-hydrogen) atoms. The van der Waals surface area contributed by atoms with Crippen LogP contribution in [0, 0.1) is 0 Å². The summed E-state index contributed by atoms with van der Waals surface area (Å²) in [5, 5.41) is 5.78. The smallest absolute Gasteiger partial charge is 0.245 e. The fourth-order valence-corrected chi connectivity index (χ4v) is 3.56. The van der Waals surface area contributed by atoms with Crippen molar-refractivity contribution in [3.05, 3.63) is 66.0 Å². The summed E-state index contributed by atoms with van der Waals surface area (Å²) in [4.78, 5) is 41.1. The number of carbonyl (C=O) groups excluding carboxylic acids is 3. The molecule has 4 rings (SSSR count). The molecular weight excluding hydrogens is 408 g/mol. The largest absolute Gasteiger partial charge is 0.331 e. The van der Waals surface area contributed by atoms with Crippen molar-refractivity contribution in [1.82, 2.24) is 25.4 Å². The van der Waals surface area contributed by atoms with Gasteiger partial charge in [0.15, 0.2) is 0 Å². The zero-order valence-corrected chi connectivity index (χ0v) is 17.7. The Hall–Kier alpha value is -4.01. The molecule has 0 aliphatic carbocycles. The second kappa shape index (κ2) is 9.42. The van der Waals surface area contributed by atoms with Gasteiger partial charge in [-0.25, -0.2) is 9.99 Å². The lowest BCUT2D eigenvalue weighted by Crippen LogP contribution is -2.43. The van der Waals surface area contributed by atoms with Crippen molar-refractivity contribution in [3.63, 3.8) is 0 Å². The number of hydrogen-bond donors (Lipinski definition) is 2. The first-order chi connectivity index (χ1) is 15.5. The molecule has 2 aromatic carbocycles. The Balaban J connectivity index is 1.22. The van der Waals surface area contributed by atoms with Crippen LogP contribution in [0.15, 0.2) is 59.7 Å². The fraction of sp³-hybridized carbons (Fsp3) is 0.261. The van der Waals surface area contributed by atoms with E-state index in [1.807, 2.05) is 66.2 Å². The molecule has 0 unspecified atom stereocenters. The number of aryl methyl sites for hydroxylation is 1. The van der Waals surface area contributed by atoms with Crippen LogP contribution in [0.2, 0.25) is 0 Å². The molecule has 0 saturated carbocycles. The van der Waals surface area contributed by atoms with E-state index in [-0.39, 0.29) is 31.1 Å². The standard InChI is InChI=1S/C23H24N6O3/c1-28-19-10-6-5-9-18(19)24-20(28)15-22(31)26-25-21(30)11-12-23(32)29-14-13-17(27-29)16-7-3-2-4-8-16/h2-10H,11-15H2,1H3,(H,25,30)(H,26,31). The quantitative estimate of drug-likeness (QED) is 0.578. The number of carbonyl (C=O) groups is 3. The first-order valence-electron chi connectivity index (χ1n) is 10.4. The van der Waals surface area contributed by atoms with Gasteiger partial charge in [-0.15, -0.1) is 0 Å². The highest BCUT2D eigenvalue weighted by Crippen LogP contribution is 2.15. The van der Waals surface area contributed by atoms with Gasteiger partial charge in [0.05, 0.1) is 29.7 Å². The molecule has 1 aliphatic rings. The summed E-state index contributed by atoms with van der Waals surface area (Å²) in [6.07, 6.45) is 0.672. The summed E-state index contributed by atoms with van der Waals surface area (Å²) in [7, 11) is 1.84. The maximum Gasteiger partial charge on any atom is 0.245 e. The van der Waals surface area contributed by atoms with Crippen LogP contribution >= 0.6 is 0 Å². The number of para-hydroxylation sites is 2. The second-order valence-electron chi connectivity index (χ2n) is 7.53. The van der Waals surface area contributed by atoms with Crippen LogP contribution in [0.5, 0.6) is 0 Å². The van der Waals surface area contributed by atoms with Crippen molar-refractivity contribution in [1.29, 1.82) is 0 Å². The van der Waals surface area contributed by atoms with Crippen LogP contribution in [0.3, 0.4) is 0 Å². The molecule has 164 valence electrons. The van der Waals surface area contributed by atoms with E-state index in [1.165, 1.54) is 5.01 Å². The van der Waals surface area contributed by atoms with E-state index in [2.05, 4.69) is 20.9 Å². The Labute approximate surface area is 185 Å². The number of hydrazine groups is 1. The molecule has 9 heteroatoms. The van der Waals surface area contributed by atoms with E-state index in [0.717, 1.165) is 22.3 Å². The van der Waals surface area contributed by atoms with Gasteiger partial charge in [0.25, 0.3) is 0 Å². The Kier molecular flexibility index (Phi) is 6.25. The van der Waals surface area contributed by atoms with Crippen LogP contribution in [-0.4, -0.2) is 44.5 Å². The van der Waals surface area contributed by atoms with Crippen LogP contribution in [0.25, 0.3) is 11.0 Å². The summed E-state index contributed by atoms with van der Waals surface area (Å²) in [6.45, 7) is 0.499. The molecule has 0 atom stereocenters. The van der Waals surface area contributed by atoms with E-state index in [0.29, 0.717) is 18.8 Å². The number of amides is 3. The van der Waals surface area contributed by atoms with Crippen LogP contribution < -0.4 is 10.9 Å². The summed E-state index contributed by atoms with van der Waals surface area (Å²) in [5.41, 5.74) is 8.32. The summed E-state index contributed by atoms with van der Waals surface area (Å²) < 4.78 is 1.84. The molecule has 9 nitrogen and oxygen atoms in total. The van der Waals surface area contributed by atoms with Crippen LogP contribution in [0.4, 0.5) is 0 Å². The average molecular weight is 432 g/mol. The van der Waals surface area contributed by atoms with E-state index in [9.17, 15) is 14.4 Å². The van der Waals surface area contributed by atoms with Crippen LogP contribution in [0.1, 0.15) is 30.7 Å². The number of fused-ring (bicyclic) bond motifs is 1. The lowest BCUT2D eigenvalue weighted by molar-refractivity contribution is -0.134. The molecule has 3 amide bonds. The Bertz CT molecular complexity index is 1180.